The Morgan fingerprint density at radius 3 is 2.33 bits per heavy atom. The van der Waals surface area contributed by atoms with Crippen LogP contribution in [0.15, 0.2) is 71.6 Å². The van der Waals surface area contributed by atoms with E-state index in [0.717, 1.165) is 4.31 Å². The van der Waals surface area contributed by atoms with Crippen LogP contribution in [0.4, 0.5) is 20.6 Å². The Bertz CT molecular complexity index is 1210. The molecule has 8 heteroatoms. The van der Waals surface area contributed by atoms with Gasteiger partial charge >= 0.3 is 6.03 Å². The molecule has 0 saturated heterocycles. The molecule has 30 heavy (non-hydrogen) atoms. The number of rotatable bonds is 4. The van der Waals surface area contributed by atoms with Crippen molar-refractivity contribution in [1.82, 2.24) is 0 Å². The Labute approximate surface area is 174 Å². The van der Waals surface area contributed by atoms with Crippen molar-refractivity contribution >= 4 is 27.4 Å². The Hall–Kier alpha value is -3.39. The number of halogens is 1. The highest BCUT2D eigenvalue weighted by molar-refractivity contribution is 7.94. The number of aryl methyl sites for hydroxylation is 1. The van der Waals surface area contributed by atoms with Gasteiger partial charge in [0.05, 0.1) is 25.0 Å². The third kappa shape index (κ3) is 3.19. The lowest BCUT2D eigenvalue weighted by Gasteiger charge is -2.36. The second-order valence-electron chi connectivity index (χ2n) is 6.84. The highest BCUT2D eigenvalue weighted by Crippen LogP contribution is 2.38. The van der Waals surface area contributed by atoms with Crippen molar-refractivity contribution in [2.24, 2.45) is 0 Å². The van der Waals surface area contributed by atoms with Gasteiger partial charge in [0.2, 0.25) is 0 Å². The summed E-state index contributed by atoms with van der Waals surface area (Å²) in [7, 11) is -2.65. The molecule has 0 saturated carbocycles. The summed E-state index contributed by atoms with van der Waals surface area (Å²) in [6, 6.07) is 16.2. The molecule has 1 aliphatic heterocycles. The number of carbonyl (C=O) groups excluding carboxylic acids is 1. The van der Waals surface area contributed by atoms with Crippen molar-refractivity contribution in [3.8, 4) is 5.75 Å². The summed E-state index contributed by atoms with van der Waals surface area (Å²) in [6.07, 6.45) is 0. The Kier molecular flexibility index (Phi) is 4.95. The zero-order chi connectivity index (χ0) is 21.5. The van der Waals surface area contributed by atoms with Gasteiger partial charge in [0.15, 0.2) is 0 Å². The molecule has 3 aromatic carbocycles. The zero-order valence-corrected chi connectivity index (χ0v) is 17.2. The first kappa shape index (κ1) is 19.9. The van der Waals surface area contributed by atoms with E-state index in [9.17, 15) is 17.6 Å². The van der Waals surface area contributed by atoms with Gasteiger partial charge < -0.3 is 4.74 Å². The maximum Gasteiger partial charge on any atom is 0.343 e. The second-order valence-corrected chi connectivity index (χ2v) is 8.59. The van der Waals surface area contributed by atoms with Crippen LogP contribution in [0.5, 0.6) is 5.75 Å². The fourth-order valence-electron chi connectivity index (χ4n) is 3.46. The van der Waals surface area contributed by atoms with Gasteiger partial charge in [0.25, 0.3) is 10.0 Å². The van der Waals surface area contributed by atoms with Gasteiger partial charge in [-0.15, -0.1) is 0 Å². The SMILES string of the molecule is COc1ccc(N2C(=O)N(Cc3c(C)cccc3F)c3ccccc3S2(=O)=O)cc1. The molecule has 0 atom stereocenters. The van der Waals surface area contributed by atoms with Crippen LogP contribution in [0.3, 0.4) is 0 Å². The third-order valence-electron chi connectivity index (χ3n) is 5.06. The first-order valence-corrected chi connectivity index (χ1v) is 10.6. The van der Waals surface area contributed by atoms with Crippen LogP contribution in [0.25, 0.3) is 0 Å². The normalized spacial score (nSPS) is 15.1. The average molecular weight is 426 g/mol. The Morgan fingerprint density at radius 2 is 1.67 bits per heavy atom. The van der Waals surface area contributed by atoms with E-state index in [1.807, 2.05) is 0 Å². The number of benzene rings is 3. The lowest BCUT2D eigenvalue weighted by molar-refractivity contribution is 0.253. The number of methoxy groups -OCH3 is 1. The summed E-state index contributed by atoms with van der Waals surface area (Å²) >= 11 is 0. The number of nitrogens with zero attached hydrogens (tertiary/aromatic N) is 2. The summed E-state index contributed by atoms with van der Waals surface area (Å²) in [5.41, 5.74) is 1.39. The van der Waals surface area contributed by atoms with Crippen LogP contribution in [0.2, 0.25) is 0 Å². The molecule has 0 N–H and O–H groups in total. The lowest BCUT2D eigenvalue weighted by Crippen LogP contribution is -2.50. The summed E-state index contributed by atoms with van der Waals surface area (Å²) < 4.78 is 46.9. The van der Waals surface area contributed by atoms with E-state index in [4.69, 9.17) is 4.74 Å². The van der Waals surface area contributed by atoms with Gasteiger partial charge in [0.1, 0.15) is 16.5 Å². The molecule has 2 amide bonds. The highest BCUT2D eigenvalue weighted by Gasteiger charge is 2.42. The largest absolute Gasteiger partial charge is 0.497 e. The van der Waals surface area contributed by atoms with Crippen molar-refractivity contribution in [1.29, 1.82) is 0 Å². The second kappa shape index (κ2) is 7.46. The average Bonchev–Trinajstić information content (AvgIpc) is 2.73. The summed E-state index contributed by atoms with van der Waals surface area (Å²) in [4.78, 5) is 14.7. The molecule has 4 rings (SSSR count). The Morgan fingerprint density at radius 1 is 0.967 bits per heavy atom. The van der Waals surface area contributed by atoms with Crippen LogP contribution in [0, 0.1) is 12.7 Å². The van der Waals surface area contributed by atoms with E-state index < -0.39 is 21.9 Å². The predicted molar refractivity (Wildman–Crippen MR) is 112 cm³/mol. The molecule has 0 aromatic heterocycles. The van der Waals surface area contributed by atoms with E-state index in [-0.39, 0.29) is 22.8 Å². The molecule has 0 bridgehead atoms. The predicted octanol–water partition coefficient (Wildman–Crippen LogP) is 4.48. The maximum absolute atomic E-state index is 14.5. The van der Waals surface area contributed by atoms with Gasteiger partial charge in [-0.25, -0.2) is 17.6 Å². The number of hydrogen-bond donors (Lipinski definition) is 0. The topological polar surface area (TPSA) is 66.9 Å². The van der Waals surface area contributed by atoms with Crippen LogP contribution in [-0.4, -0.2) is 21.6 Å². The number of sulfonamides is 1. The standard InChI is InChI=1S/C22H19FN2O4S/c1-15-6-5-7-19(23)18(15)14-24-20-8-3-4-9-21(20)30(27,28)25(22(24)26)16-10-12-17(29-2)13-11-16/h3-13H,14H2,1-2H3. The molecular weight excluding hydrogens is 407 g/mol. The van der Waals surface area contributed by atoms with Crippen molar-refractivity contribution in [3.05, 3.63) is 83.7 Å². The number of carbonyl (C=O) groups is 1. The van der Waals surface area contributed by atoms with Crippen molar-refractivity contribution < 1.29 is 22.3 Å². The van der Waals surface area contributed by atoms with E-state index in [1.54, 1.807) is 49.4 Å². The number of amides is 2. The van der Waals surface area contributed by atoms with E-state index in [1.165, 1.54) is 36.3 Å². The van der Waals surface area contributed by atoms with Crippen molar-refractivity contribution in [2.75, 3.05) is 16.3 Å². The molecule has 0 spiro atoms. The molecule has 0 unspecified atom stereocenters. The van der Waals surface area contributed by atoms with Crippen LogP contribution in [0.1, 0.15) is 11.1 Å². The number of fused-ring (bicyclic) bond motifs is 1. The number of ether oxygens (including phenoxy) is 1. The Balaban J connectivity index is 1.87. The van der Waals surface area contributed by atoms with Crippen molar-refractivity contribution in [3.63, 3.8) is 0 Å². The molecule has 1 heterocycles. The smallest absolute Gasteiger partial charge is 0.343 e. The molecular formula is C22H19FN2O4S. The summed E-state index contributed by atoms with van der Waals surface area (Å²) in [5, 5.41) is 0. The summed E-state index contributed by atoms with van der Waals surface area (Å²) in [6.45, 7) is 1.65. The fraction of sp³-hybridized carbons (Fsp3) is 0.136. The minimum Gasteiger partial charge on any atom is -0.497 e. The molecule has 6 nitrogen and oxygen atoms in total. The molecule has 0 aliphatic carbocycles. The fourth-order valence-corrected chi connectivity index (χ4v) is 5.05. The highest BCUT2D eigenvalue weighted by atomic mass is 32.2. The van der Waals surface area contributed by atoms with Crippen LogP contribution >= 0.6 is 0 Å². The van der Waals surface area contributed by atoms with Gasteiger partial charge in [-0.05, 0) is 55.0 Å². The first-order valence-electron chi connectivity index (χ1n) is 9.18. The zero-order valence-electron chi connectivity index (χ0n) is 16.4. The molecule has 1 aliphatic rings. The van der Waals surface area contributed by atoms with Crippen LogP contribution < -0.4 is 13.9 Å². The van der Waals surface area contributed by atoms with Gasteiger partial charge in [-0.1, -0.05) is 24.3 Å². The van der Waals surface area contributed by atoms with Crippen LogP contribution in [-0.2, 0) is 16.6 Å². The van der Waals surface area contributed by atoms with E-state index in [0.29, 0.717) is 16.9 Å². The quantitative estimate of drug-likeness (QED) is 0.617. The maximum atomic E-state index is 14.5. The minimum absolute atomic E-state index is 0.0191. The van der Waals surface area contributed by atoms with Crippen molar-refractivity contribution in [2.45, 2.75) is 18.4 Å². The van der Waals surface area contributed by atoms with E-state index in [2.05, 4.69) is 0 Å². The monoisotopic (exact) mass is 426 g/mol. The number of hydrogen-bond acceptors (Lipinski definition) is 4. The summed E-state index contributed by atoms with van der Waals surface area (Å²) in [5.74, 6) is 0.0737. The molecule has 0 radical (unpaired) electrons. The van der Waals surface area contributed by atoms with Gasteiger partial charge in [0, 0.05) is 5.56 Å². The lowest BCUT2D eigenvalue weighted by atomic mass is 10.1. The number of para-hydroxylation sites is 1. The number of urea groups is 1. The van der Waals surface area contributed by atoms with Gasteiger partial charge in [-0.2, -0.15) is 4.31 Å². The molecule has 3 aromatic rings. The van der Waals surface area contributed by atoms with Gasteiger partial charge in [-0.3, -0.25) is 4.90 Å². The minimum atomic E-state index is -4.14. The number of anilines is 2. The first-order chi connectivity index (χ1) is 14.3. The molecule has 0 fully saturated rings. The molecule has 154 valence electrons. The third-order valence-corrected chi connectivity index (χ3v) is 6.80. The van der Waals surface area contributed by atoms with E-state index >= 15 is 0 Å².